The van der Waals surface area contributed by atoms with Crippen molar-refractivity contribution in [2.45, 2.75) is 38.3 Å². The number of likely N-dealkylation sites (N-methyl/N-ethyl adjacent to an activating group) is 1. The Bertz CT molecular complexity index is 667. The predicted octanol–water partition coefficient (Wildman–Crippen LogP) is -0.649. The van der Waals surface area contributed by atoms with E-state index in [0.717, 1.165) is 5.56 Å². The number of hydrogen-bond donors (Lipinski definition) is 6. The molecular formula is C19H29N3O6. The second-order valence-electron chi connectivity index (χ2n) is 7.07. The fourth-order valence-corrected chi connectivity index (χ4v) is 2.93. The zero-order chi connectivity index (χ0) is 21.3. The molecule has 0 radical (unpaired) electrons. The van der Waals surface area contributed by atoms with Gasteiger partial charge in [0.1, 0.15) is 6.04 Å². The van der Waals surface area contributed by atoms with Crippen LogP contribution in [0.25, 0.3) is 0 Å². The molecule has 9 nitrogen and oxygen atoms in total. The molecular weight excluding hydrogens is 366 g/mol. The van der Waals surface area contributed by atoms with Crippen LogP contribution in [0.2, 0.25) is 0 Å². The second-order valence-corrected chi connectivity index (χ2v) is 7.07. The van der Waals surface area contributed by atoms with Crippen LogP contribution in [0.15, 0.2) is 30.3 Å². The summed E-state index contributed by atoms with van der Waals surface area (Å²) >= 11 is 0. The summed E-state index contributed by atoms with van der Waals surface area (Å²) in [7, 11) is 1.43. The molecule has 28 heavy (non-hydrogen) atoms. The lowest BCUT2D eigenvalue weighted by Gasteiger charge is -2.33. The molecule has 0 aliphatic heterocycles. The first-order chi connectivity index (χ1) is 13.2. The summed E-state index contributed by atoms with van der Waals surface area (Å²) < 4.78 is 0. The molecule has 0 saturated heterocycles. The van der Waals surface area contributed by atoms with Crippen molar-refractivity contribution in [3.05, 3.63) is 35.9 Å². The van der Waals surface area contributed by atoms with Gasteiger partial charge in [0.2, 0.25) is 11.8 Å². The fraction of sp³-hybridized carbons (Fsp3) is 0.526. The topological polar surface area (TPSA) is 148 Å². The Hall–Kier alpha value is -2.49. The summed E-state index contributed by atoms with van der Waals surface area (Å²) in [6, 6.07) is 8.08. The minimum atomic E-state index is -2.54. The van der Waals surface area contributed by atoms with Gasteiger partial charge in [-0.15, -0.1) is 0 Å². The van der Waals surface area contributed by atoms with E-state index < -0.39 is 41.9 Å². The number of aliphatic hydroxyl groups excluding tert-OH is 1. The van der Waals surface area contributed by atoms with Crippen LogP contribution in [0.3, 0.4) is 0 Å². The number of hydrogen-bond acceptors (Lipinski definition) is 6. The Balaban J connectivity index is 3.13. The van der Waals surface area contributed by atoms with Crippen LogP contribution >= 0.6 is 0 Å². The van der Waals surface area contributed by atoms with E-state index in [1.54, 1.807) is 38.1 Å². The van der Waals surface area contributed by atoms with Crippen LogP contribution in [0.5, 0.6) is 0 Å². The average Bonchev–Trinajstić information content (AvgIpc) is 2.70. The normalized spacial score (nSPS) is 15.2. The predicted molar refractivity (Wildman–Crippen MR) is 101 cm³/mol. The SMILES string of the molecule is CNC(=O)[C@H](Cc1ccccc1)NC(=O)[C@H](CC(C)C)[C@](O)(CO)C(=O)NO. The van der Waals surface area contributed by atoms with Crippen LogP contribution < -0.4 is 16.1 Å². The van der Waals surface area contributed by atoms with E-state index in [1.807, 2.05) is 6.07 Å². The van der Waals surface area contributed by atoms with E-state index in [0.29, 0.717) is 0 Å². The summed E-state index contributed by atoms with van der Waals surface area (Å²) in [5.41, 5.74) is -0.447. The number of aliphatic hydroxyl groups is 2. The van der Waals surface area contributed by atoms with Crippen molar-refractivity contribution in [2.24, 2.45) is 11.8 Å². The smallest absolute Gasteiger partial charge is 0.278 e. The zero-order valence-electron chi connectivity index (χ0n) is 16.3. The molecule has 1 rings (SSSR count). The van der Waals surface area contributed by atoms with Crippen LogP contribution in [-0.4, -0.2) is 58.4 Å². The summed E-state index contributed by atoms with van der Waals surface area (Å²) in [4.78, 5) is 37.1. The molecule has 0 spiro atoms. The van der Waals surface area contributed by atoms with E-state index in [-0.39, 0.29) is 18.8 Å². The molecule has 0 unspecified atom stereocenters. The fourth-order valence-electron chi connectivity index (χ4n) is 2.93. The van der Waals surface area contributed by atoms with Gasteiger partial charge in [-0.25, -0.2) is 5.48 Å². The van der Waals surface area contributed by atoms with Gasteiger partial charge in [-0.1, -0.05) is 44.2 Å². The van der Waals surface area contributed by atoms with Gasteiger partial charge in [0.05, 0.1) is 12.5 Å². The van der Waals surface area contributed by atoms with Crippen molar-refractivity contribution in [1.29, 1.82) is 0 Å². The molecule has 0 saturated carbocycles. The zero-order valence-corrected chi connectivity index (χ0v) is 16.3. The Kier molecular flexibility index (Phi) is 9.04. The highest BCUT2D eigenvalue weighted by Crippen LogP contribution is 2.26. The largest absolute Gasteiger partial charge is 0.393 e. The monoisotopic (exact) mass is 395 g/mol. The molecule has 1 aromatic rings. The molecule has 0 aromatic heterocycles. The molecule has 0 fully saturated rings. The number of nitrogens with one attached hydrogen (secondary N) is 3. The minimum absolute atomic E-state index is 0.0438. The second kappa shape index (κ2) is 10.7. The highest BCUT2D eigenvalue weighted by Gasteiger charge is 2.48. The number of rotatable bonds is 10. The van der Waals surface area contributed by atoms with Crippen LogP contribution in [0.1, 0.15) is 25.8 Å². The Morgan fingerprint density at radius 1 is 1.11 bits per heavy atom. The third-order valence-corrected chi connectivity index (χ3v) is 4.50. The van der Waals surface area contributed by atoms with Crippen molar-refractivity contribution in [1.82, 2.24) is 16.1 Å². The lowest BCUT2D eigenvalue weighted by molar-refractivity contribution is -0.167. The first-order valence-electron chi connectivity index (χ1n) is 9.03. The van der Waals surface area contributed by atoms with Crippen molar-refractivity contribution < 1.29 is 29.8 Å². The van der Waals surface area contributed by atoms with Crippen LogP contribution in [-0.2, 0) is 20.8 Å². The number of hydroxylamine groups is 1. The number of carbonyl (C=O) groups is 3. The number of amides is 3. The Labute approximate surface area is 164 Å². The maximum absolute atomic E-state index is 12.9. The summed E-state index contributed by atoms with van der Waals surface area (Å²) in [5, 5.41) is 34.1. The van der Waals surface area contributed by atoms with Crippen molar-refractivity contribution in [2.75, 3.05) is 13.7 Å². The number of carbonyl (C=O) groups excluding carboxylic acids is 3. The molecule has 0 bridgehead atoms. The van der Waals surface area contributed by atoms with Crippen molar-refractivity contribution >= 4 is 17.7 Å². The van der Waals surface area contributed by atoms with Gasteiger partial charge in [0.15, 0.2) is 5.60 Å². The number of benzene rings is 1. The molecule has 1 aromatic carbocycles. The maximum atomic E-state index is 12.9. The molecule has 0 aliphatic carbocycles. The summed E-state index contributed by atoms with van der Waals surface area (Å²) in [6.45, 7) is 2.47. The van der Waals surface area contributed by atoms with Gasteiger partial charge in [0, 0.05) is 13.5 Å². The summed E-state index contributed by atoms with van der Waals surface area (Å²) in [5.74, 6) is -4.02. The van der Waals surface area contributed by atoms with Crippen molar-refractivity contribution in [3.8, 4) is 0 Å². The molecule has 6 N–H and O–H groups in total. The molecule has 3 amide bonds. The van der Waals surface area contributed by atoms with E-state index in [9.17, 15) is 24.6 Å². The molecule has 156 valence electrons. The lowest BCUT2D eigenvalue weighted by Crippen LogP contribution is -2.60. The van der Waals surface area contributed by atoms with Gasteiger partial charge >= 0.3 is 0 Å². The average molecular weight is 395 g/mol. The quantitative estimate of drug-likeness (QED) is 0.229. The third kappa shape index (κ3) is 6.01. The van der Waals surface area contributed by atoms with Crippen molar-refractivity contribution in [3.63, 3.8) is 0 Å². The van der Waals surface area contributed by atoms with Gasteiger partial charge < -0.3 is 20.8 Å². The van der Waals surface area contributed by atoms with Gasteiger partial charge in [-0.05, 0) is 17.9 Å². The van der Waals surface area contributed by atoms with E-state index in [4.69, 9.17) is 5.21 Å². The van der Waals surface area contributed by atoms with E-state index in [1.165, 1.54) is 12.5 Å². The Morgan fingerprint density at radius 3 is 2.18 bits per heavy atom. The molecule has 9 heteroatoms. The molecule has 3 atom stereocenters. The Morgan fingerprint density at radius 2 is 1.71 bits per heavy atom. The maximum Gasteiger partial charge on any atom is 0.278 e. The highest BCUT2D eigenvalue weighted by atomic mass is 16.5. The first kappa shape index (κ1) is 23.5. The lowest BCUT2D eigenvalue weighted by atomic mass is 9.80. The van der Waals surface area contributed by atoms with Gasteiger partial charge in [-0.2, -0.15) is 0 Å². The van der Waals surface area contributed by atoms with E-state index in [2.05, 4.69) is 10.6 Å². The highest BCUT2D eigenvalue weighted by molar-refractivity contribution is 5.94. The molecule has 0 heterocycles. The third-order valence-electron chi connectivity index (χ3n) is 4.50. The first-order valence-corrected chi connectivity index (χ1v) is 9.03. The van der Waals surface area contributed by atoms with Crippen LogP contribution in [0.4, 0.5) is 0 Å². The van der Waals surface area contributed by atoms with Gasteiger partial charge in [0.25, 0.3) is 5.91 Å². The molecule has 0 aliphatic rings. The van der Waals surface area contributed by atoms with Gasteiger partial charge in [-0.3, -0.25) is 19.6 Å². The van der Waals surface area contributed by atoms with E-state index >= 15 is 0 Å². The standard InChI is InChI=1S/C19H29N3O6/c1-12(2)9-14(19(27,11-23)18(26)22-28)16(24)21-15(17(25)20-3)10-13-7-5-4-6-8-13/h4-8,12,14-15,23,27-28H,9-11H2,1-3H3,(H,20,25)(H,21,24)(H,22,26)/t14-,15-,19+/m0/s1. The summed E-state index contributed by atoms with van der Waals surface area (Å²) in [6.07, 6.45) is 0.243. The van der Waals surface area contributed by atoms with Crippen LogP contribution in [0, 0.1) is 11.8 Å². The minimum Gasteiger partial charge on any atom is -0.393 e.